The zero-order valence-electron chi connectivity index (χ0n) is 12.1. The van der Waals surface area contributed by atoms with Gasteiger partial charge in [-0.25, -0.2) is 12.7 Å². The summed E-state index contributed by atoms with van der Waals surface area (Å²) in [6.07, 6.45) is 6.31. The van der Waals surface area contributed by atoms with Gasteiger partial charge < -0.3 is 10.4 Å². The molecule has 3 rings (SSSR count). The molecule has 0 spiro atoms. The lowest BCUT2D eigenvalue weighted by Crippen LogP contribution is -2.57. The van der Waals surface area contributed by atoms with Gasteiger partial charge in [0, 0.05) is 25.6 Å². The molecule has 3 unspecified atom stereocenters. The van der Waals surface area contributed by atoms with Gasteiger partial charge in [-0.05, 0) is 38.6 Å². The SMILES string of the molecule is O=S(=O)(C1CCCNC1)N1CCC2(O)CCCCC2C1. The maximum absolute atomic E-state index is 12.7. The van der Waals surface area contributed by atoms with Crippen molar-refractivity contribution < 1.29 is 13.5 Å². The summed E-state index contributed by atoms with van der Waals surface area (Å²) < 4.78 is 27.1. The second kappa shape index (κ2) is 5.55. The molecule has 1 saturated carbocycles. The molecule has 1 aliphatic carbocycles. The van der Waals surface area contributed by atoms with Gasteiger partial charge in [-0.1, -0.05) is 12.8 Å². The number of hydrogen-bond donors (Lipinski definition) is 2. The smallest absolute Gasteiger partial charge is 0.218 e. The van der Waals surface area contributed by atoms with Crippen molar-refractivity contribution in [1.82, 2.24) is 9.62 Å². The molecule has 0 radical (unpaired) electrons. The number of rotatable bonds is 2. The van der Waals surface area contributed by atoms with Crippen molar-refractivity contribution in [3.63, 3.8) is 0 Å². The Bertz CT molecular complexity index is 447. The standard InChI is InChI=1S/C14H26N2O3S/c17-14-6-2-1-4-12(14)11-16(9-7-14)20(18,19)13-5-3-8-15-10-13/h12-13,15,17H,1-11H2. The van der Waals surface area contributed by atoms with Crippen molar-refractivity contribution in [2.45, 2.75) is 55.8 Å². The van der Waals surface area contributed by atoms with Gasteiger partial charge in [-0.15, -0.1) is 0 Å². The van der Waals surface area contributed by atoms with Crippen molar-refractivity contribution >= 4 is 10.0 Å². The van der Waals surface area contributed by atoms with Crippen molar-refractivity contribution in [1.29, 1.82) is 0 Å². The summed E-state index contributed by atoms with van der Waals surface area (Å²) in [6.45, 7) is 2.52. The lowest BCUT2D eigenvalue weighted by molar-refractivity contribution is -0.0818. The van der Waals surface area contributed by atoms with Gasteiger partial charge in [0.1, 0.15) is 0 Å². The molecule has 3 fully saturated rings. The van der Waals surface area contributed by atoms with Gasteiger partial charge in [-0.2, -0.15) is 0 Å². The van der Waals surface area contributed by atoms with Gasteiger partial charge >= 0.3 is 0 Å². The van der Waals surface area contributed by atoms with Crippen LogP contribution in [-0.2, 0) is 10.0 Å². The summed E-state index contributed by atoms with van der Waals surface area (Å²) in [5.41, 5.74) is -0.602. The van der Waals surface area contributed by atoms with E-state index in [2.05, 4.69) is 5.32 Å². The highest BCUT2D eigenvalue weighted by Gasteiger charge is 2.46. The Morgan fingerprint density at radius 1 is 1.15 bits per heavy atom. The molecule has 5 nitrogen and oxygen atoms in total. The fourth-order valence-corrected chi connectivity index (χ4v) is 6.00. The van der Waals surface area contributed by atoms with E-state index < -0.39 is 15.6 Å². The maximum Gasteiger partial charge on any atom is 0.218 e. The van der Waals surface area contributed by atoms with E-state index >= 15 is 0 Å². The number of nitrogens with zero attached hydrogens (tertiary/aromatic N) is 1. The number of hydrogen-bond acceptors (Lipinski definition) is 4. The largest absolute Gasteiger partial charge is 0.390 e. The highest BCUT2D eigenvalue weighted by Crippen LogP contribution is 2.40. The van der Waals surface area contributed by atoms with E-state index in [1.165, 1.54) is 0 Å². The van der Waals surface area contributed by atoms with Gasteiger partial charge in [0.05, 0.1) is 10.9 Å². The third kappa shape index (κ3) is 2.63. The van der Waals surface area contributed by atoms with E-state index in [0.29, 0.717) is 26.1 Å². The Labute approximate surface area is 121 Å². The third-order valence-corrected chi connectivity index (χ3v) is 7.72. The lowest BCUT2D eigenvalue weighted by atomic mass is 9.72. The van der Waals surface area contributed by atoms with Crippen LogP contribution in [0.2, 0.25) is 0 Å². The van der Waals surface area contributed by atoms with Crippen molar-refractivity contribution in [3.05, 3.63) is 0 Å². The monoisotopic (exact) mass is 302 g/mol. The van der Waals surface area contributed by atoms with Crippen LogP contribution < -0.4 is 5.32 Å². The fourth-order valence-electron chi connectivity index (χ4n) is 4.06. The molecule has 2 aliphatic heterocycles. The molecule has 3 aliphatic rings. The second-order valence-corrected chi connectivity index (χ2v) is 8.88. The molecule has 0 bridgehead atoms. The van der Waals surface area contributed by atoms with Crippen LogP contribution in [0.15, 0.2) is 0 Å². The van der Waals surface area contributed by atoms with Gasteiger partial charge in [0.15, 0.2) is 0 Å². The molecule has 0 amide bonds. The topological polar surface area (TPSA) is 69.6 Å². The first-order valence-electron chi connectivity index (χ1n) is 7.94. The molecule has 6 heteroatoms. The van der Waals surface area contributed by atoms with Gasteiger partial charge in [0.25, 0.3) is 0 Å². The number of fused-ring (bicyclic) bond motifs is 1. The molecule has 2 saturated heterocycles. The van der Waals surface area contributed by atoms with E-state index in [4.69, 9.17) is 0 Å². The van der Waals surface area contributed by atoms with E-state index in [1.54, 1.807) is 4.31 Å². The molecule has 3 atom stereocenters. The molecule has 2 heterocycles. The normalized spacial score (nSPS) is 40.2. The highest BCUT2D eigenvalue weighted by molar-refractivity contribution is 7.89. The van der Waals surface area contributed by atoms with Crippen LogP contribution >= 0.6 is 0 Å². The molecule has 0 aromatic carbocycles. The number of sulfonamides is 1. The summed E-state index contributed by atoms with van der Waals surface area (Å²) in [7, 11) is -3.20. The van der Waals surface area contributed by atoms with Gasteiger partial charge in [0.2, 0.25) is 10.0 Å². The highest BCUT2D eigenvalue weighted by atomic mass is 32.2. The molecule has 20 heavy (non-hydrogen) atoms. The molecular weight excluding hydrogens is 276 g/mol. The van der Waals surface area contributed by atoms with Gasteiger partial charge in [-0.3, -0.25) is 0 Å². The average molecular weight is 302 g/mol. The van der Waals surface area contributed by atoms with E-state index in [0.717, 1.165) is 45.1 Å². The summed E-state index contributed by atoms with van der Waals surface area (Å²) >= 11 is 0. The summed E-state index contributed by atoms with van der Waals surface area (Å²) in [5, 5.41) is 13.6. The zero-order valence-corrected chi connectivity index (χ0v) is 12.9. The van der Waals surface area contributed by atoms with E-state index in [9.17, 15) is 13.5 Å². The molecule has 116 valence electrons. The first kappa shape index (κ1) is 14.8. The van der Waals surface area contributed by atoms with Crippen molar-refractivity contribution in [3.8, 4) is 0 Å². The Kier molecular flexibility index (Phi) is 4.10. The Balaban J connectivity index is 1.71. The van der Waals surface area contributed by atoms with Crippen LogP contribution in [0.25, 0.3) is 0 Å². The number of nitrogens with one attached hydrogen (secondary N) is 1. The minimum Gasteiger partial charge on any atom is -0.390 e. The molecule has 2 N–H and O–H groups in total. The van der Waals surface area contributed by atoms with Crippen LogP contribution in [0.4, 0.5) is 0 Å². The van der Waals surface area contributed by atoms with Crippen molar-refractivity contribution in [2.75, 3.05) is 26.2 Å². The van der Waals surface area contributed by atoms with E-state index in [1.807, 2.05) is 0 Å². The molecule has 0 aromatic rings. The minimum absolute atomic E-state index is 0.135. The zero-order chi connectivity index (χ0) is 14.2. The maximum atomic E-state index is 12.7. The third-order valence-electron chi connectivity index (χ3n) is 5.42. The van der Waals surface area contributed by atoms with Crippen LogP contribution in [0.5, 0.6) is 0 Å². The van der Waals surface area contributed by atoms with Crippen LogP contribution in [-0.4, -0.2) is 54.9 Å². The molecular formula is C14H26N2O3S. The Morgan fingerprint density at radius 3 is 2.75 bits per heavy atom. The number of aliphatic hydroxyl groups is 1. The Morgan fingerprint density at radius 2 is 2.00 bits per heavy atom. The second-order valence-electron chi connectivity index (χ2n) is 6.67. The quantitative estimate of drug-likeness (QED) is 0.787. The number of piperidine rings is 2. The minimum atomic E-state index is -3.20. The van der Waals surface area contributed by atoms with Crippen LogP contribution in [0.1, 0.15) is 44.9 Å². The first-order chi connectivity index (χ1) is 9.52. The van der Waals surface area contributed by atoms with Crippen LogP contribution in [0.3, 0.4) is 0 Å². The predicted octanol–water partition coefficient (Wildman–Crippen LogP) is 0.695. The predicted molar refractivity (Wildman–Crippen MR) is 77.9 cm³/mol. The molecule has 0 aromatic heterocycles. The average Bonchev–Trinajstić information content (AvgIpc) is 2.47. The van der Waals surface area contributed by atoms with Crippen LogP contribution in [0, 0.1) is 5.92 Å². The summed E-state index contributed by atoms with van der Waals surface area (Å²) in [6, 6.07) is 0. The summed E-state index contributed by atoms with van der Waals surface area (Å²) in [4.78, 5) is 0. The fraction of sp³-hybridized carbons (Fsp3) is 1.00. The Hall–Kier alpha value is -0.170. The van der Waals surface area contributed by atoms with Crippen molar-refractivity contribution in [2.24, 2.45) is 5.92 Å². The first-order valence-corrected chi connectivity index (χ1v) is 9.45. The lowest BCUT2D eigenvalue weighted by Gasteiger charge is -2.47. The van der Waals surface area contributed by atoms with E-state index in [-0.39, 0.29) is 11.2 Å². The summed E-state index contributed by atoms with van der Waals surface area (Å²) in [5.74, 6) is 0.135.